The van der Waals surface area contributed by atoms with Gasteiger partial charge in [0, 0.05) is 23.5 Å². The van der Waals surface area contributed by atoms with Gasteiger partial charge in [-0.1, -0.05) is 33.3 Å². The number of rotatable bonds is 1. The highest BCUT2D eigenvalue weighted by Gasteiger charge is 2.58. The van der Waals surface area contributed by atoms with Gasteiger partial charge in [0.15, 0.2) is 0 Å². The number of allylic oxidation sites excluding steroid dienone is 2. The molecule has 2 heteroatoms. The average Bonchev–Trinajstić information content (AvgIpc) is 3.22. The van der Waals surface area contributed by atoms with Gasteiger partial charge in [0.05, 0.1) is 6.33 Å². The second-order valence-electron chi connectivity index (χ2n) is 10.3. The van der Waals surface area contributed by atoms with Gasteiger partial charge >= 0.3 is 0 Å². The van der Waals surface area contributed by atoms with E-state index in [0.717, 1.165) is 29.6 Å². The molecular formula is C23H34N2. The number of hydrogen-bond donors (Lipinski definition) is 0. The Morgan fingerprint density at radius 2 is 1.96 bits per heavy atom. The van der Waals surface area contributed by atoms with Gasteiger partial charge in [-0.3, -0.25) is 0 Å². The Balaban J connectivity index is 1.44. The second-order valence-corrected chi connectivity index (χ2v) is 10.3. The summed E-state index contributed by atoms with van der Waals surface area (Å²) in [6.07, 6.45) is 20.2. The molecule has 4 aliphatic rings. The van der Waals surface area contributed by atoms with Crippen molar-refractivity contribution in [3.05, 3.63) is 24.8 Å². The van der Waals surface area contributed by atoms with Crippen molar-refractivity contribution in [3.8, 4) is 0 Å². The fourth-order valence-electron chi connectivity index (χ4n) is 7.82. The van der Waals surface area contributed by atoms with Gasteiger partial charge in [0.1, 0.15) is 0 Å². The second kappa shape index (κ2) is 5.47. The van der Waals surface area contributed by atoms with E-state index >= 15 is 0 Å². The predicted octanol–water partition coefficient (Wildman–Crippen LogP) is 6.01. The van der Waals surface area contributed by atoms with Crippen molar-refractivity contribution in [1.82, 2.24) is 9.55 Å². The van der Waals surface area contributed by atoms with Crippen LogP contribution in [-0.2, 0) is 0 Å². The first kappa shape index (κ1) is 16.1. The Kier molecular flexibility index (Phi) is 3.53. The minimum atomic E-state index is 0.368. The third-order valence-corrected chi connectivity index (χ3v) is 9.25. The van der Waals surface area contributed by atoms with Crippen LogP contribution >= 0.6 is 0 Å². The van der Waals surface area contributed by atoms with E-state index in [0.29, 0.717) is 10.8 Å². The third kappa shape index (κ3) is 2.18. The smallest absolute Gasteiger partial charge is 0.0989 e. The highest BCUT2D eigenvalue weighted by molar-refractivity contribution is 5.56. The van der Waals surface area contributed by atoms with Crippen LogP contribution in [0.3, 0.4) is 0 Å². The van der Waals surface area contributed by atoms with Gasteiger partial charge in [0.25, 0.3) is 0 Å². The van der Waals surface area contributed by atoms with Gasteiger partial charge in [-0.25, -0.2) is 4.98 Å². The number of aromatic nitrogens is 2. The van der Waals surface area contributed by atoms with Gasteiger partial charge in [-0.15, -0.1) is 0 Å². The van der Waals surface area contributed by atoms with E-state index in [-0.39, 0.29) is 0 Å². The van der Waals surface area contributed by atoms with Crippen LogP contribution in [0, 0.1) is 40.4 Å². The molecule has 0 bridgehead atoms. The highest BCUT2D eigenvalue weighted by atomic mass is 15.1. The Morgan fingerprint density at radius 3 is 2.76 bits per heavy atom. The average molecular weight is 339 g/mol. The molecule has 3 saturated carbocycles. The number of hydrogen-bond acceptors (Lipinski definition) is 1. The lowest BCUT2D eigenvalue weighted by molar-refractivity contribution is -0.103. The summed E-state index contributed by atoms with van der Waals surface area (Å²) in [6.45, 7) is 7.73. The molecule has 0 unspecified atom stereocenters. The lowest BCUT2D eigenvalue weighted by Crippen LogP contribution is -2.53. The van der Waals surface area contributed by atoms with Crippen molar-refractivity contribution in [1.29, 1.82) is 0 Å². The molecule has 5 rings (SSSR count). The molecule has 7 atom stereocenters. The predicted molar refractivity (Wildman–Crippen MR) is 103 cm³/mol. The van der Waals surface area contributed by atoms with Crippen molar-refractivity contribution < 1.29 is 0 Å². The zero-order valence-electron chi connectivity index (χ0n) is 16.2. The summed E-state index contributed by atoms with van der Waals surface area (Å²) in [5.41, 5.74) is 2.54. The quantitative estimate of drug-likeness (QED) is 0.613. The molecule has 0 saturated heterocycles. The first-order valence-corrected chi connectivity index (χ1v) is 10.7. The monoisotopic (exact) mass is 338 g/mol. The van der Waals surface area contributed by atoms with E-state index in [1.807, 2.05) is 12.5 Å². The molecule has 1 aromatic heterocycles. The lowest BCUT2D eigenvalue weighted by atomic mass is 9.44. The number of nitrogens with zero attached hydrogens (tertiary/aromatic N) is 2. The van der Waals surface area contributed by atoms with Crippen molar-refractivity contribution in [3.63, 3.8) is 0 Å². The maximum absolute atomic E-state index is 4.31. The molecule has 0 amide bonds. The fraction of sp³-hybridized carbons (Fsp3) is 0.783. The summed E-state index contributed by atoms with van der Waals surface area (Å²) >= 11 is 0. The minimum Gasteiger partial charge on any atom is -0.310 e. The van der Waals surface area contributed by atoms with Crippen LogP contribution in [0.2, 0.25) is 0 Å². The standard InChI is InChI=1S/C23H34N2/c1-16-8-10-22(2)17(14-16)4-5-18-19-6-7-21(25-13-12-24-15-25)23(19,3)11-9-20(18)22/h7,12-13,15-20H,4-6,8-11,14H2,1-3H3/t16-,17-,18-,19-,20-,22-,23-/m0/s1. The van der Waals surface area contributed by atoms with Crippen molar-refractivity contribution >= 4 is 5.70 Å². The first-order chi connectivity index (χ1) is 12.0. The molecule has 1 heterocycles. The van der Waals surface area contributed by atoms with Crippen LogP contribution in [0.1, 0.15) is 72.1 Å². The topological polar surface area (TPSA) is 17.8 Å². The molecule has 1 aromatic rings. The van der Waals surface area contributed by atoms with Gasteiger partial charge in [-0.05, 0) is 80.0 Å². The Bertz CT molecular complexity index is 674. The summed E-state index contributed by atoms with van der Waals surface area (Å²) in [7, 11) is 0. The summed E-state index contributed by atoms with van der Waals surface area (Å²) < 4.78 is 2.30. The van der Waals surface area contributed by atoms with Crippen LogP contribution in [0.25, 0.3) is 5.70 Å². The summed E-state index contributed by atoms with van der Waals surface area (Å²) in [4.78, 5) is 4.31. The van der Waals surface area contributed by atoms with Crippen molar-refractivity contribution in [2.75, 3.05) is 0 Å². The zero-order valence-corrected chi connectivity index (χ0v) is 16.2. The molecule has 0 spiro atoms. The Morgan fingerprint density at radius 1 is 1.08 bits per heavy atom. The van der Waals surface area contributed by atoms with E-state index in [2.05, 4.69) is 42.6 Å². The maximum atomic E-state index is 4.31. The molecule has 2 nitrogen and oxygen atoms in total. The Hall–Kier alpha value is -1.05. The zero-order chi connectivity index (χ0) is 17.2. The van der Waals surface area contributed by atoms with Gasteiger partial charge < -0.3 is 4.57 Å². The normalized spacial score (nSPS) is 49.1. The molecule has 25 heavy (non-hydrogen) atoms. The highest BCUT2D eigenvalue weighted by Crippen LogP contribution is 2.67. The van der Waals surface area contributed by atoms with E-state index in [9.17, 15) is 0 Å². The first-order valence-electron chi connectivity index (χ1n) is 10.7. The molecule has 4 aliphatic carbocycles. The van der Waals surface area contributed by atoms with E-state index in [1.54, 1.807) is 0 Å². The molecule has 0 N–H and O–H groups in total. The summed E-state index contributed by atoms with van der Waals surface area (Å²) in [5, 5.41) is 0. The number of fused-ring (bicyclic) bond motifs is 5. The van der Waals surface area contributed by atoms with E-state index < -0.39 is 0 Å². The van der Waals surface area contributed by atoms with E-state index in [4.69, 9.17) is 0 Å². The molecule has 0 radical (unpaired) electrons. The Labute approximate surface area is 153 Å². The van der Waals surface area contributed by atoms with Gasteiger partial charge in [0.2, 0.25) is 0 Å². The van der Waals surface area contributed by atoms with Crippen LogP contribution in [0.4, 0.5) is 0 Å². The number of imidazole rings is 1. The molecule has 0 aliphatic heterocycles. The van der Waals surface area contributed by atoms with Crippen LogP contribution in [0.5, 0.6) is 0 Å². The van der Waals surface area contributed by atoms with Crippen molar-refractivity contribution in [2.45, 2.75) is 72.1 Å². The third-order valence-electron chi connectivity index (χ3n) is 9.25. The summed E-state index contributed by atoms with van der Waals surface area (Å²) in [6, 6.07) is 0. The fourth-order valence-corrected chi connectivity index (χ4v) is 7.82. The van der Waals surface area contributed by atoms with Crippen LogP contribution in [0.15, 0.2) is 24.8 Å². The SMILES string of the molecule is C[C@H]1CC[C@@]2(C)[C@@H](CC[C@@H]3[C@@H]2CC[C@]2(C)C(n4ccnc4)=CC[C@@H]32)C1. The molecule has 0 aromatic carbocycles. The maximum Gasteiger partial charge on any atom is 0.0989 e. The van der Waals surface area contributed by atoms with Gasteiger partial charge in [-0.2, -0.15) is 0 Å². The van der Waals surface area contributed by atoms with Crippen LogP contribution in [-0.4, -0.2) is 9.55 Å². The minimum absolute atomic E-state index is 0.368. The van der Waals surface area contributed by atoms with E-state index in [1.165, 1.54) is 57.1 Å². The van der Waals surface area contributed by atoms with Crippen molar-refractivity contribution in [2.24, 2.45) is 40.4 Å². The molecule has 136 valence electrons. The van der Waals surface area contributed by atoms with Crippen LogP contribution < -0.4 is 0 Å². The summed E-state index contributed by atoms with van der Waals surface area (Å²) in [5.74, 6) is 4.76. The largest absolute Gasteiger partial charge is 0.310 e. The molecular weight excluding hydrogens is 304 g/mol. The lowest BCUT2D eigenvalue weighted by Gasteiger charge is -2.60. The molecule has 3 fully saturated rings.